The summed E-state index contributed by atoms with van der Waals surface area (Å²) in [4.78, 5) is 1.44. The van der Waals surface area contributed by atoms with Crippen LogP contribution >= 0.6 is 0 Å². The minimum atomic E-state index is -4.79. The summed E-state index contributed by atoms with van der Waals surface area (Å²) >= 11 is -0.797. The van der Waals surface area contributed by atoms with E-state index in [9.17, 15) is 25.9 Å². The molecule has 3 aromatic heterocycles. The number of allylic oxidation sites excluding steroid dienone is 2. The van der Waals surface area contributed by atoms with Crippen molar-refractivity contribution in [3.05, 3.63) is 117 Å². The number of hydrogen-bond acceptors (Lipinski definition) is 7. The molecule has 0 radical (unpaired) electrons. The number of rotatable bonds is 7. The fourth-order valence-corrected chi connectivity index (χ4v) is 12.6. The number of hydrogen-bond donors (Lipinski definition) is 2. The molecule has 4 aromatic carbocycles. The zero-order chi connectivity index (χ0) is 34.9. The van der Waals surface area contributed by atoms with Crippen LogP contribution in [0.1, 0.15) is 17.9 Å². The van der Waals surface area contributed by atoms with Gasteiger partial charge in [-0.05, 0) is 0 Å². The van der Waals surface area contributed by atoms with Crippen LogP contribution in [0.4, 0.5) is 5.69 Å². The molecular formula is C36H25N2O8S2Se2+. The standard InChI is InChI=1S/C36H24N2O8S2Se2/c1-3-9-34(48(42,43)44)38-27-19-31-25(23-11-6-8-13-29(23)46-31)17-33(27)50-36(38)15-21(4-2)14-35-37(20-47(39,40)41)26-18-30-24(16-32(26)49-35)22-10-5-7-12-28(22)45-30/h5-8,10-19H,1,4,20H2,2H3,(H-,39,40,41,42,43,44)/p+1. The summed E-state index contributed by atoms with van der Waals surface area (Å²) in [6, 6.07) is 22.9. The van der Waals surface area contributed by atoms with Gasteiger partial charge < -0.3 is 0 Å². The number of para-hydroxylation sites is 2. The van der Waals surface area contributed by atoms with Gasteiger partial charge in [0.05, 0.1) is 0 Å². The number of aromatic nitrogens is 1. The van der Waals surface area contributed by atoms with Gasteiger partial charge in [-0.2, -0.15) is 0 Å². The van der Waals surface area contributed by atoms with E-state index in [4.69, 9.17) is 8.83 Å². The molecule has 1 aliphatic heterocycles. The first-order chi connectivity index (χ1) is 23.9. The van der Waals surface area contributed by atoms with E-state index in [1.54, 1.807) is 10.6 Å². The molecule has 10 nitrogen and oxygen atoms in total. The number of furan rings is 2. The van der Waals surface area contributed by atoms with E-state index in [0.29, 0.717) is 43.5 Å². The minimum absolute atomic E-state index is 0.356. The summed E-state index contributed by atoms with van der Waals surface area (Å²) in [5, 5.41) is 3.14. The van der Waals surface area contributed by atoms with Crippen LogP contribution in [0.25, 0.3) is 59.7 Å². The molecule has 4 heterocycles. The van der Waals surface area contributed by atoms with Crippen molar-refractivity contribution in [3.8, 4) is 0 Å². The Morgan fingerprint density at radius 2 is 1.54 bits per heavy atom. The third kappa shape index (κ3) is 5.72. The summed E-state index contributed by atoms with van der Waals surface area (Å²) in [5.74, 6) is -0.652. The van der Waals surface area contributed by atoms with Crippen LogP contribution < -0.4 is 13.9 Å². The molecule has 7 aromatic rings. The normalized spacial score (nSPS) is 14.7. The first kappa shape index (κ1) is 32.8. The second-order valence-corrected chi connectivity index (χ2v) is 18.7. The maximum absolute atomic E-state index is 12.8. The summed E-state index contributed by atoms with van der Waals surface area (Å²) in [6.45, 7) is 5.43. The first-order valence-corrected chi connectivity index (χ1v) is 21.6. The van der Waals surface area contributed by atoms with E-state index in [2.05, 4.69) is 18.0 Å². The third-order valence-corrected chi connectivity index (χ3v) is 14.2. The predicted molar refractivity (Wildman–Crippen MR) is 196 cm³/mol. The molecule has 0 atom stereocenters. The number of benzene rings is 4. The molecule has 0 amide bonds. The van der Waals surface area contributed by atoms with E-state index in [1.807, 2.05) is 85.8 Å². The van der Waals surface area contributed by atoms with Gasteiger partial charge in [-0.3, -0.25) is 0 Å². The summed E-state index contributed by atoms with van der Waals surface area (Å²) in [6.07, 6.45) is 4.24. The van der Waals surface area contributed by atoms with Crippen LogP contribution in [-0.4, -0.2) is 55.4 Å². The van der Waals surface area contributed by atoms with E-state index in [0.717, 1.165) is 41.4 Å². The SMILES string of the molecule is C=C=C=C(N1C(=CC(=Cc2[se]c3cc4c(cc3[n+]2CS(=O)(=O)O)oc2ccccc24)CC)[Se]c2cc3c(cc21)oc1ccccc13)S(=O)(=O)O. The second-order valence-electron chi connectivity index (χ2n) is 11.5. The van der Waals surface area contributed by atoms with Crippen LogP contribution in [0, 0.1) is 0 Å². The number of anilines is 1. The molecule has 250 valence electrons. The average Bonchev–Trinajstić information content (AvgIpc) is 3.80. The van der Waals surface area contributed by atoms with Crippen molar-refractivity contribution < 1.29 is 39.3 Å². The molecule has 2 N–H and O–H groups in total. The second kappa shape index (κ2) is 12.1. The maximum atomic E-state index is 12.8. The Bertz CT molecular complexity index is 2980. The Labute approximate surface area is 298 Å². The Morgan fingerprint density at radius 1 is 0.900 bits per heavy atom. The molecule has 0 saturated carbocycles. The topological polar surface area (TPSA) is 142 Å². The molecular weight excluding hydrogens is 810 g/mol. The van der Waals surface area contributed by atoms with Crippen molar-refractivity contribution in [2.24, 2.45) is 0 Å². The van der Waals surface area contributed by atoms with E-state index < -0.39 is 46.1 Å². The van der Waals surface area contributed by atoms with Gasteiger partial charge in [0.25, 0.3) is 0 Å². The van der Waals surface area contributed by atoms with Crippen molar-refractivity contribution in [3.63, 3.8) is 0 Å². The first-order valence-electron chi connectivity index (χ1n) is 15.1. The van der Waals surface area contributed by atoms with Gasteiger partial charge in [0.2, 0.25) is 0 Å². The third-order valence-electron chi connectivity index (χ3n) is 8.32. The molecule has 50 heavy (non-hydrogen) atoms. The molecule has 0 fully saturated rings. The van der Waals surface area contributed by atoms with E-state index in [1.165, 1.54) is 4.90 Å². The number of fused-ring (bicyclic) bond motifs is 8. The van der Waals surface area contributed by atoms with Gasteiger partial charge in [0, 0.05) is 0 Å². The predicted octanol–water partition coefficient (Wildman–Crippen LogP) is 5.98. The van der Waals surface area contributed by atoms with Gasteiger partial charge in [0.1, 0.15) is 0 Å². The van der Waals surface area contributed by atoms with Crippen LogP contribution in [0.2, 0.25) is 0 Å². The molecule has 0 unspecified atom stereocenters. The molecule has 0 bridgehead atoms. The van der Waals surface area contributed by atoms with E-state index in [-0.39, 0.29) is 14.5 Å². The Balaban J connectivity index is 1.31. The Kier molecular flexibility index (Phi) is 7.95. The summed E-state index contributed by atoms with van der Waals surface area (Å²) in [7, 11) is -9.22. The zero-order valence-electron chi connectivity index (χ0n) is 26.1. The molecule has 0 saturated heterocycles. The fourth-order valence-electron chi connectivity index (χ4n) is 6.18. The van der Waals surface area contributed by atoms with Crippen LogP contribution in [0.5, 0.6) is 0 Å². The van der Waals surface area contributed by atoms with Crippen molar-refractivity contribution in [2.45, 2.75) is 19.2 Å². The molecule has 1 aliphatic rings. The summed E-state index contributed by atoms with van der Waals surface area (Å²) < 4.78 is 87.2. The number of nitrogens with zero attached hydrogens (tertiary/aromatic N) is 2. The van der Waals surface area contributed by atoms with Crippen molar-refractivity contribution in [1.29, 1.82) is 0 Å². The van der Waals surface area contributed by atoms with Crippen LogP contribution in [0.15, 0.2) is 121 Å². The van der Waals surface area contributed by atoms with Crippen LogP contribution in [-0.2, 0) is 26.1 Å². The molecule has 0 spiro atoms. The van der Waals surface area contributed by atoms with Crippen molar-refractivity contribution >= 4 is 120 Å². The fraction of sp³-hybridized carbons (Fsp3) is 0.0833. The molecule has 0 aliphatic carbocycles. The van der Waals surface area contributed by atoms with Crippen LogP contribution in [0.3, 0.4) is 0 Å². The molecule has 14 heteroatoms. The Morgan fingerprint density at radius 3 is 2.16 bits per heavy atom. The van der Waals surface area contributed by atoms with Gasteiger partial charge in [-0.25, -0.2) is 0 Å². The van der Waals surface area contributed by atoms with Crippen molar-refractivity contribution in [2.75, 3.05) is 4.90 Å². The quantitative estimate of drug-likeness (QED) is 0.0859. The Hall–Kier alpha value is -4.41. The average molecular weight is 836 g/mol. The van der Waals surface area contributed by atoms with Gasteiger partial charge in [-0.15, -0.1) is 0 Å². The van der Waals surface area contributed by atoms with Crippen molar-refractivity contribution in [1.82, 2.24) is 0 Å². The van der Waals surface area contributed by atoms with E-state index >= 15 is 0 Å². The van der Waals surface area contributed by atoms with Gasteiger partial charge in [0.15, 0.2) is 0 Å². The summed E-state index contributed by atoms with van der Waals surface area (Å²) in [5.41, 5.74) is 9.35. The monoisotopic (exact) mass is 837 g/mol. The van der Waals surface area contributed by atoms with Gasteiger partial charge in [-0.1, -0.05) is 0 Å². The zero-order valence-corrected chi connectivity index (χ0v) is 31.1. The molecule has 8 rings (SSSR count). The van der Waals surface area contributed by atoms with Gasteiger partial charge >= 0.3 is 300 Å².